The summed E-state index contributed by atoms with van der Waals surface area (Å²) in [5.74, 6) is 0.168. The van der Waals surface area contributed by atoms with Crippen molar-refractivity contribution in [2.24, 2.45) is 5.10 Å². The lowest BCUT2D eigenvalue weighted by molar-refractivity contribution is 0.232. The lowest BCUT2D eigenvalue weighted by Gasteiger charge is -2.03. The summed E-state index contributed by atoms with van der Waals surface area (Å²) in [6.07, 6.45) is 1.44. The highest BCUT2D eigenvalue weighted by Gasteiger charge is 1.94. The van der Waals surface area contributed by atoms with Gasteiger partial charge in [-0.25, -0.2) is 15.6 Å². The number of phenols is 1. The molecule has 0 atom stereocenters. The van der Waals surface area contributed by atoms with Crippen LogP contribution in [0.4, 0.5) is 4.79 Å². The van der Waals surface area contributed by atoms with Gasteiger partial charge in [0.05, 0.1) is 12.8 Å². The van der Waals surface area contributed by atoms with Crippen LogP contribution < -0.4 is 16.3 Å². The van der Waals surface area contributed by atoms with E-state index in [1.807, 2.05) is 0 Å². The molecule has 5 N–H and O–H groups in total. The summed E-state index contributed by atoms with van der Waals surface area (Å²) in [4.78, 5) is 11.0. The molecule has 1 rings (SSSR count). The van der Waals surface area contributed by atoms with Gasteiger partial charge in [0.1, 0.15) is 5.75 Å². The summed E-state index contributed by atoms with van der Waals surface area (Å²) in [5, 5.41) is 21.2. The lowest BCUT2D eigenvalue weighted by atomic mass is 10.2. The summed E-state index contributed by atoms with van der Waals surface area (Å²) in [6.45, 7) is 0.187. The summed E-state index contributed by atoms with van der Waals surface area (Å²) in [7, 11) is 0. The molecule has 0 heterocycles. The number of hydrogen-bond donors (Lipinski definition) is 5. The number of amides is 2. The Bertz CT molecular complexity index is 378. The van der Waals surface area contributed by atoms with Crippen molar-refractivity contribution in [3.63, 3.8) is 0 Å². The van der Waals surface area contributed by atoms with E-state index in [9.17, 15) is 4.79 Å². The molecule has 0 fully saturated rings. The zero-order valence-electron chi connectivity index (χ0n) is 9.05. The zero-order chi connectivity index (χ0) is 12.5. The van der Waals surface area contributed by atoms with Crippen LogP contribution in [0.2, 0.25) is 0 Å². The van der Waals surface area contributed by atoms with Crippen LogP contribution in [0.15, 0.2) is 29.4 Å². The van der Waals surface area contributed by atoms with Crippen LogP contribution in [-0.4, -0.2) is 35.6 Å². The maximum Gasteiger partial charge on any atom is 0.349 e. The van der Waals surface area contributed by atoms with E-state index in [1.54, 1.807) is 12.1 Å². The molecule has 2 amide bonds. The lowest BCUT2D eigenvalue weighted by Crippen LogP contribution is -2.43. The fraction of sp³-hybridized carbons (Fsp3) is 0.200. The maximum atomic E-state index is 11.0. The Hall–Kier alpha value is -2.12. The van der Waals surface area contributed by atoms with E-state index >= 15 is 0 Å². The van der Waals surface area contributed by atoms with Crippen molar-refractivity contribution in [1.29, 1.82) is 0 Å². The van der Waals surface area contributed by atoms with Crippen molar-refractivity contribution in [3.05, 3.63) is 29.8 Å². The summed E-state index contributed by atoms with van der Waals surface area (Å²) in [6, 6.07) is 5.81. The van der Waals surface area contributed by atoms with E-state index in [4.69, 9.17) is 10.2 Å². The second-order valence-corrected chi connectivity index (χ2v) is 3.07. The zero-order valence-corrected chi connectivity index (χ0v) is 9.05. The van der Waals surface area contributed by atoms with E-state index in [2.05, 4.69) is 21.4 Å². The number of hydrogen-bond acceptors (Lipinski definition) is 5. The van der Waals surface area contributed by atoms with Crippen molar-refractivity contribution >= 4 is 12.2 Å². The minimum atomic E-state index is -0.534. The Balaban J connectivity index is 2.29. The van der Waals surface area contributed by atoms with Crippen molar-refractivity contribution in [3.8, 4) is 5.75 Å². The molecule has 0 aromatic heterocycles. The van der Waals surface area contributed by atoms with Crippen LogP contribution in [0.5, 0.6) is 5.75 Å². The second-order valence-electron chi connectivity index (χ2n) is 3.07. The van der Waals surface area contributed by atoms with Gasteiger partial charge < -0.3 is 10.2 Å². The van der Waals surface area contributed by atoms with Gasteiger partial charge in [-0.1, -0.05) is 0 Å². The standard InChI is InChI=1S/C10H14N4O3/c15-6-5-11-13-10(17)14-12-7-8-1-3-9(16)4-2-8/h1-4,7,11,15-16H,5-6H2,(H2,13,14,17). The van der Waals surface area contributed by atoms with Gasteiger partial charge in [-0.05, 0) is 29.8 Å². The molecule has 7 nitrogen and oxygen atoms in total. The maximum absolute atomic E-state index is 11.0. The normalized spacial score (nSPS) is 10.4. The van der Waals surface area contributed by atoms with Crippen LogP contribution in [-0.2, 0) is 0 Å². The molecular formula is C10H14N4O3. The van der Waals surface area contributed by atoms with Crippen LogP contribution >= 0.6 is 0 Å². The van der Waals surface area contributed by atoms with Gasteiger partial charge in [-0.3, -0.25) is 5.43 Å². The summed E-state index contributed by atoms with van der Waals surface area (Å²) >= 11 is 0. The number of nitrogens with zero attached hydrogens (tertiary/aromatic N) is 1. The summed E-state index contributed by atoms with van der Waals surface area (Å²) < 4.78 is 0. The first-order chi connectivity index (χ1) is 8.22. The number of urea groups is 1. The molecule has 0 aliphatic heterocycles. The topological polar surface area (TPSA) is 106 Å². The second kappa shape index (κ2) is 7.20. The number of nitrogens with one attached hydrogen (secondary N) is 3. The van der Waals surface area contributed by atoms with Crippen molar-refractivity contribution in [2.45, 2.75) is 0 Å². The van der Waals surface area contributed by atoms with Gasteiger partial charge >= 0.3 is 6.03 Å². The quantitative estimate of drug-likeness (QED) is 0.271. The number of aromatic hydroxyl groups is 1. The molecule has 1 aromatic carbocycles. The van der Waals surface area contributed by atoms with Gasteiger partial charge in [-0.2, -0.15) is 5.10 Å². The Labute approximate surface area is 98.1 Å². The number of hydrazone groups is 1. The smallest absolute Gasteiger partial charge is 0.349 e. The van der Waals surface area contributed by atoms with Crippen LogP contribution in [0.1, 0.15) is 5.56 Å². The Morgan fingerprint density at radius 1 is 1.35 bits per heavy atom. The minimum Gasteiger partial charge on any atom is -0.508 e. The average molecular weight is 238 g/mol. The fourth-order valence-corrected chi connectivity index (χ4v) is 0.952. The number of carbonyl (C=O) groups is 1. The fourth-order valence-electron chi connectivity index (χ4n) is 0.952. The van der Waals surface area contributed by atoms with E-state index < -0.39 is 6.03 Å². The molecule has 0 aliphatic carbocycles. The number of aliphatic hydroxyl groups excluding tert-OH is 1. The third kappa shape index (κ3) is 5.50. The first-order valence-electron chi connectivity index (χ1n) is 4.94. The van der Waals surface area contributed by atoms with Crippen LogP contribution in [0, 0.1) is 0 Å². The van der Waals surface area contributed by atoms with Crippen molar-refractivity contribution in [2.75, 3.05) is 13.2 Å². The number of hydrazine groups is 1. The highest BCUT2D eigenvalue weighted by atomic mass is 16.3. The largest absolute Gasteiger partial charge is 0.508 e. The number of benzene rings is 1. The summed E-state index contributed by atoms with van der Waals surface area (Å²) in [5.41, 5.74) is 7.70. The van der Waals surface area contributed by atoms with E-state index in [0.717, 1.165) is 5.56 Å². The molecule has 0 aliphatic rings. The predicted molar refractivity (Wildman–Crippen MR) is 62.5 cm³/mol. The minimum absolute atomic E-state index is 0.0724. The van der Waals surface area contributed by atoms with Crippen molar-refractivity contribution < 1.29 is 15.0 Å². The third-order valence-electron chi connectivity index (χ3n) is 1.71. The molecule has 17 heavy (non-hydrogen) atoms. The molecule has 7 heteroatoms. The van der Waals surface area contributed by atoms with Gasteiger partial charge in [-0.15, -0.1) is 0 Å². The number of rotatable bonds is 5. The SMILES string of the molecule is O=C(NN=Cc1ccc(O)cc1)NNCCO. The highest BCUT2D eigenvalue weighted by Crippen LogP contribution is 2.07. The number of phenolic OH excluding ortho intramolecular Hbond substituents is 1. The molecule has 0 saturated heterocycles. The van der Waals surface area contributed by atoms with Crippen LogP contribution in [0.25, 0.3) is 0 Å². The van der Waals surface area contributed by atoms with Gasteiger partial charge in [0.2, 0.25) is 0 Å². The Morgan fingerprint density at radius 2 is 2.06 bits per heavy atom. The van der Waals surface area contributed by atoms with Gasteiger partial charge in [0, 0.05) is 6.54 Å². The first kappa shape index (κ1) is 12.9. The Kier molecular flexibility index (Phi) is 5.49. The molecule has 92 valence electrons. The third-order valence-corrected chi connectivity index (χ3v) is 1.71. The molecule has 0 unspecified atom stereocenters. The Morgan fingerprint density at radius 3 is 2.71 bits per heavy atom. The van der Waals surface area contributed by atoms with Crippen LogP contribution in [0.3, 0.4) is 0 Å². The molecule has 0 bridgehead atoms. The van der Waals surface area contributed by atoms with Gasteiger partial charge in [0.15, 0.2) is 0 Å². The first-order valence-corrected chi connectivity index (χ1v) is 4.94. The molecule has 0 saturated carbocycles. The number of carbonyl (C=O) groups excluding carboxylic acids is 1. The molecule has 1 aromatic rings. The molecule has 0 spiro atoms. The van der Waals surface area contributed by atoms with E-state index in [1.165, 1.54) is 18.3 Å². The highest BCUT2D eigenvalue weighted by molar-refractivity contribution is 5.81. The average Bonchev–Trinajstić information content (AvgIpc) is 2.32. The van der Waals surface area contributed by atoms with E-state index in [-0.39, 0.29) is 18.9 Å². The van der Waals surface area contributed by atoms with Crippen molar-refractivity contribution in [1.82, 2.24) is 16.3 Å². The number of aliphatic hydroxyl groups is 1. The van der Waals surface area contributed by atoms with E-state index in [0.29, 0.717) is 0 Å². The molecule has 0 radical (unpaired) electrons. The van der Waals surface area contributed by atoms with Gasteiger partial charge in [0.25, 0.3) is 0 Å². The molecular weight excluding hydrogens is 224 g/mol. The predicted octanol–water partition coefficient (Wildman–Crippen LogP) is -0.478. The monoisotopic (exact) mass is 238 g/mol.